The zero-order valence-electron chi connectivity index (χ0n) is 10.4. The molecule has 0 aliphatic heterocycles. The molecule has 0 spiro atoms. The maximum absolute atomic E-state index is 13.8. The van der Waals surface area contributed by atoms with Crippen LogP contribution in [0.3, 0.4) is 0 Å². The van der Waals surface area contributed by atoms with Crippen molar-refractivity contribution in [3.63, 3.8) is 0 Å². The molecule has 0 aromatic carbocycles. The molecule has 1 N–H and O–H groups in total. The Labute approximate surface area is 101 Å². The van der Waals surface area contributed by atoms with Crippen LogP contribution in [-0.4, -0.2) is 24.7 Å². The molecular formula is C13H19FN2O. The Hall–Kier alpha value is -1.00. The lowest BCUT2D eigenvalue weighted by atomic mass is 9.87. The van der Waals surface area contributed by atoms with Crippen molar-refractivity contribution in [1.82, 2.24) is 10.3 Å². The minimum Gasteiger partial charge on any atom is -0.376 e. The predicted octanol–water partition coefficient (Wildman–Crippen LogP) is 2.44. The van der Waals surface area contributed by atoms with Crippen molar-refractivity contribution in [3.8, 4) is 0 Å². The lowest BCUT2D eigenvalue weighted by Crippen LogP contribution is -2.42. The summed E-state index contributed by atoms with van der Waals surface area (Å²) >= 11 is 0. The first-order valence-corrected chi connectivity index (χ1v) is 6.05. The van der Waals surface area contributed by atoms with E-state index in [2.05, 4.69) is 10.3 Å². The molecule has 1 aromatic heterocycles. The van der Waals surface area contributed by atoms with Gasteiger partial charge in [0.25, 0.3) is 0 Å². The quantitative estimate of drug-likeness (QED) is 0.874. The number of nitrogens with zero attached hydrogens (tertiary/aromatic N) is 1. The summed E-state index contributed by atoms with van der Waals surface area (Å²) in [4.78, 5) is 3.79. The first kappa shape index (κ1) is 12.5. The Kier molecular flexibility index (Phi) is 3.74. The zero-order chi connectivity index (χ0) is 12.3. The van der Waals surface area contributed by atoms with Crippen LogP contribution in [-0.2, 0) is 4.74 Å². The van der Waals surface area contributed by atoms with E-state index >= 15 is 0 Å². The van der Waals surface area contributed by atoms with Crippen LogP contribution in [0.15, 0.2) is 18.5 Å². The largest absolute Gasteiger partial charge is 0.376 e. The van der Waals surface area contributed by atoms with Gasteiger partial charge in [-0.15, -0.1) is 0 Å². The Balaban J connectivity index is 2.36. The van der Waals surface area contributed by atoms with Gasteiger partial charge in [-0.2, -0.15) is 0 Å². The molecule has 0 saturated heterocycles. The summed E-state index contributed by atoms with van der Waals surface area (Å²) in [7, 11) is 3.57. The minimum absolute atomic E-state index is 0.113. The SMILES string of the molecule is CNC(c1ccncc1F)C1(OC)CCCC1. The van der Waals surface area contributed by atoms with Crippen LogP contribution < -0.4 is 5.32 Å². The van der Waals surface area contributed by atoms with Crippen molar-refractivity contribution >= 4 is 0 Å². The van der Waals surface area contributed by atoms with Crippen molar-refractivity contribution in [3.05, 3.63) is 29.8 Å². The average molecular weight is 238 g/mol. The number of aromatic nitrogens is 1. The van der Waals surface area contributed by atoms with Gasteiger partial charge in [0.1, 0.15) is 5.82 Å². The summed E-state index contributed by atoms with van der Waals surface area (Å²) in [6.07, 6.45) is 7.10. The number of hydrogen-bond acceptors (Lipinski definition) is 3. The molecule has 1 atom stereocenters. The second-order valence-corrected chi connectivity index (χ2v) is 4.59. The lowest BCUT2D eigenvalue weighted by molar-refractivity contribution is -0.0357. The van der Waals surface area contributed by atoms with Gasteiger partial charge in [-0.05, 0) is 26.0 Å². The van der Waals surface area contributed by atoms with Crippen molar-refractivity contribution in [2.45, 2.75) is 37.3 Å². The van der Waals surface area contributed by atoms with Gasteiger partial charge in [0.05, 0.1) is 17.8 Å². The van der Waals surface area contributed by atoms with E-state index in [9.17, 15) is 4.39 Å². The van der Waals surface area contributed by atoms with E-state index in [-0.39, 0.29) is 17.5 Å². The summed E-state index contributed by atoms with van der Waals surface area (Å²) in [6, 6.07) is 1.62. The molecule has 0 radical (unpaired) electrons. The van der Waals surface area contributed by atoms with Gasteiger partial charge < -0.3 is 10.1 Å². The monoisotopic (exact) mass is 238 g/mol. The molecule has 1 unspecified atom stereocenters. The van der Waals surface area contributed by atoms with Crippen molar-refractivity contribution in [2.24, 2.45) is 0 Å². The number of ether oxygens (including phenoxy) is 1. The molecule has 17 heavy (non-hydrogen) atoms. The van der Waals surface area contributed by atoms with Gasteiger partial charge in [0.15, 0.2) is 0 Å². The van der Waals surface area contributed by atoms with Gasteiger partial charge in [0, 0.05) is 18.9 Å². The van der Waals surface area contributed by atoms with Gasteiger partial charge >= 0.3 is 0 Å². The molecule has 1 aliphatic carbocycles. The number of methoxy groups -OCH3 is 1. The van der Waals surface area contributed by atoms with Crippen molar-refractivity contribution in [2.75, 3.05) is 14.2 Å². The van der Waals surface area contributed by atoms with Gasteiger partial charge in [-0.3, -0.25) is 4.98 Å². The predicted molar refractivity (Wildman–Crippen MR) is 64.2 cm³/mol. The summed E-state index contributed by atoms with van der Waals surface area (Å²) in [5.74, 6) is -0.268. The maximum atomic E-state index is 13.8. The Morgan fingerprint density at radius 1 is 1.47 bits per heavy atom. The van der Waals surface area contributed by atoms with E-state index in [4.69, 9.17) is 4.74 Å². The molecular weight excluding hydrogens is 219 g/mol. The number of hydrogen-bond donors (Lipinski definition) is 1. The number of rotatable bonds is 4. The zero-order valence-corrected chi connectivity index (χ0v) is 10.4. The third-order valence-electron chi connectivity index (χ3n) is 3.79. The first-order chi connectivity index (χ1) is 8.23. The Bertz CT molecular complexity index is 377. The lowest BCUT2D eigenvalue weighted by Gasteiger charge is -2.36. The van der Waals surface area contributed by atoms with Gasteiger partial charge in [-0.25, -0.2) is 4.39 Å². The Morgan fingerprint density at radius 3 is 2.71 bits per heavy atom. The number of halogens is 1. The molecule has 3 nitrogen and oxygen atoms in total. The van der Waals surface area contributed by atoms with Gasteiger partial charge in [-0.1, -0.05) is 12.8 Å². The van der Waals surface area contributed by atoms with E-state index in [0.717, 1.165) is 25.7 Å². The molecule has 94 valence electrons. The first-order valence-electron chi connectivity index (χ1n) is 6.05. The summed E-state index contributed by atoms with van der Waals surface area (Å²) in [6.45, 7) is 0. The van der Waals surface area contributed by atoms with E-state index in [0.29, 0.717) is 5.56 Å². The standard InChI is InChI=1S/C13H19FN2O/c1-15-12(10-5-8-16-9-11(10)14)13(17-2)6-3-4-7-13/h5,8-9,12,15H,3-4,6-7H2,1-2H3. The summed E-state index contributed by atoms with van der Waals surface area (Å²) in [5.41, 5.74) is 0.364. The summed E-state index contributed by atoms with van der Waals surface area (Å²) in [5, 5.41) is 3.20. The highest BCUT2D eigenvalue weighted by molar-refractivity contribution is 5.22. The second-order valence-electron chi connectivity index (χ2n) is 4.59. The number of likely N-dealkylation sites (N-methyl/N-ethyl adjacent to an activating group) is 1. The molecule has 4 heteroatoms. The molecule has 1 aromatic rings. The highest BCUT2D eigenvalue weighted by atomic mass is 19.1. The maximum Gasteiger partial charge on any atom is 0.146 e. The Morgan fingerprint density at radius 2 is 2.18 bits per heavy atom. The molecule has 1 saturated carbocycles. The second kappa shape index (κ2) is 5.10. The number of nitrogens with one attached hydrogen (secondary N) is 1. The highest BCUT2D eigenvalue weighted by Crippen LogP contribution is 2.42. The van der Waals surface area contributed by atoms with Crippen molar-refractivity contribution < 1.29 is 9.13 Å². The van der Waals surface area contributed by atoms with Crippen LogP contribution in [0.1, 0.15) is 37.3 Å². The smallest absolute Gasteiger partial charge is 0.146 e. The van der Waals surface area contributed by atoms with Crippen LogP contribution in [0, 0.1) is 5.82 Å². The molecule has 1 aliphatic rings. The fraction of sp³-hybridized carbons (Fsp3) is 0.615. The third kappa shape index (κ3) is 2.19. The third-order valence-corrected chi connectivity index (χ3v) is 3.79. The van der Waals surface area contributed by atoms with E-state index in [1.54, 1.807) is 19.4 Å². The highest BCUT2D eigenvalue weighted by Gasteiger charge is 2.42. The van der Waals surface area contributed by atoms with E-state index in [1.165, 1.54) is 6.20 Å². The van der Waals surface area contributed by atoms with Crippen LogP contribution in [0.25, 0.3) is 0 Å². The summed E-state index contributed by atoms with van der Waals surface area (Å²) < 4.78 is 19.5. The minimum atomic E-state index is -0.281. The van der Waals surface area contributed by atoms with E-state index < -0.39 is 0 Å². The van der Waals surface area contributed by atoms with Crippen LogP contribution >= 0.6 is 0 Å². The van der Waals surface area contributed by atoms with Crippen LogP contribution in [0.5, 0.6) is 0 Å². The molecule has 1 fully saturated rings. The fourth-order valence-electron chi connectivity index (χ4n) is 2.91. The number of pyridine rings is 1. The molecule has 1 heterocycles. The van der Waals surface area contributed by atoms with Crippen molar-refractivity contribution in [1.29, 1.82) is 0 Å². The topological polar surface area (TPSA) is 34.2 Å². The molecule has 2 rings (SSSR count). The molecule has 0 bridgehead atoms. The van der Waals surface area contributed by atoms with Crippen LogP contribution in [0.2, 0.25) is 0 Å². The molecule has 0 amide bonds. The normalized spacial score (nSPS) is 20.4. The van der Waals surface area contributed by atoms with Crippen LogP contribution in [0.4, 0.5) is 4.39 Å². The van der Waals surface area contributed by atoms with Gasteiger partial charge in [0.2, 0.25) is 0 Å². The fourth-order valence-corrected chi connectivity index (χ4v) is 2.91. The average Bonchev–Trinajstić information content (AvgIpc) is 2.82. The van der Waals surface area contributed by atoms with E-state index in [1.807, 2.05) is 7.05 Å².